The van der Waals surface area contributed by atoms with Crippen molar-refractivity contribution in [2.75, 3.05) is 47.5 Å². The molecule has 79 heavy (non-hydrogen) atoms. The Balaban J connectivity index is 4.33. The number of unbranched alkanes of at least 4 members (excludes halogenated alkanes) is 7. The van der Waals surface area contributed by atoms with Gasteiger partial charge in [0.05, 0.1) is 40.3 Å². The highest BCUT2D eigenvalue weighted by Gasteiger charge is 2.22. The number of likely N-dealkylation sites (N-methyl/N-ethyl adjacent to an activating group) is 1. The first-order chi connectivity index (χ1) is 38.6. The molecule has 9 heteroatoms. The SMILES string of the molecule is CC/C=C\C/C=C\C/C=C\C/C=C\C/C=C\C/C=C\C/C=C\C/C=C\C/C=C\C/C=C\C/C=C\C/C=C\CCCCC(=O)OC(COC(=O)CCCCCCC/C=C\C/C=C\C/C=C\CC)COC(OCC[N+](C)(C)C)C(=O)[O-]. The molecule has 0 saturated heterocycles. The number of ether oxygens (including phenoxy) is 4. The summed E-state index contributed by atoms with van der Waals surface area (Å²) in [4.78, 5) is 37.2. The molecule has 0 aromatic rings. The van der Waals surface area contributed by atoms with Gasteiger partial charge in [-0.05, 0) is 135 Å². The minimum absolute atomic E-state index is 0.125. The van der Waals surface area contributed by atoms with E-state index in [1.54, 1.807) is 0 Å². The van der Waals surface area contributed by atoms with Crippen LogP contribution in [0.15, 0.2) is 182 Å². The van der Waals surface area contributed by atoms with Crippen LogP contribution >= 0.6 is 0 Å². The Labute approximate surface area is 481 Å². The first kappa shape index (κ1) is 73.4. The molecule has 0 aliphatic heterocycles. The molecule has 0 aromatic heterocycles. The number of carboxylic acid groups (broad SMARTS) is 1. The third-order valence-corrected chi connectivity index (χ3v) is 11.6. The minimum atomic E-state index is -1.65. The zero-order valence-corrected chi connectivity index (χ0v) is 49.9. The first-order valence-electron chi connectivity index (χ1n) is 29.9. The van der Waals surface area contributed by atoms with E-state index in [1.165, 1.54) is 0 Å². The lowest BCUT2D eigenvalue weighted by molar-refractivity contribution is -0.870. The third-order valence-electron chi connectivity index (χ3n) is 11.6. The Morgan fingerprint density at radius 3 is 1.04 bits per heavy atom. The van der Waals surface area contributed by atoms with Crippen molar-refractivity contribution in [1.29, 1.82) is 0 Å². The average molecular weight is 1090 g/mol. The maximum Gasteiger partial charge on any atom is 0.306 e. The van der Waals surface area contributed by atoms with Gasteiger partial charge in [-0.3, -0.25) is 9.59 Å². The normalized spacial score (nSPS) is 14.1. The molecule has 0 rings (SSSR count). The largest absolute Gasteiger partial charge is 0.545 e. The van der Waals surface area contributed by atoms with Crippen LogP contribution in [0.1, 0.15) is 181 Å². The fourth-order valence-corrected chi connectivity index (χ4v) is 7.12. The number of carboxylic acids is 1. The first-order valence-corrected chi connectivity index (χ1v) is 29.9. The molecule has 0 amide bonds. The smallest absolute Gasteiger partial charge is 0.306 e. The van der Waals surface area contributed by atoms with Gasteiger partial charge in [0.2, 0.25) is 0 Å². The molecular formula is C70H107NO8. The molecule has 0 fully saturated rings. The van der Waals surface area contributed by atoms with E-state index in [2.05, 4.69) is 196 Å². The molecule has 2 unspecified atom stereocenters. The van der Waals surface area contributed by atoms with Gasteiger partial charge in [0.25, 0.3) is 0 Å². The zero-order chi connectivity index (χ0) is 57.6. The van der Waals surface area contributed by atoms with E-state index < -0.39 is 30.3 Å². The van der Waals surface area contributed by atoms with Crippen LogP contribution in [-0.4, -0.2) is 82.3 Å². The van der Waals surface area contributed by atoms with Gasteiger partial charge in [-0.2, -0.15) is 0 Å². The molecule has 9 nitrogen and oxygen atoms in total. The number of hydrogen-bond donors (Lipinski definition) is 0. The molecule has 0 radical (unpaired) electrons. The topological polar surface area (TPSA) is 111 Å². The predicted molar refractivity (Wildman–Crippen MR) is 333 cm³/mol. The molecule has 0 aliphatic rings. The van der Waals surface area contributed by atoms with Crippen LogP contribution in [0.4, 0.5) is 0 Å². The summed E-state index contributed by atoms with van der Waals surface area (Å²) in [7, 11) is 5.88. The number of esters is 2. The van der Waals surface area contributed by atoms with Crippen molar-refractivity contribution < 1.29 is 42.9 Å². The lowest BCUT2D eigenvalue weighted by atomic mass is 10.1. The van der Waals surface area contributed by atoms with E-state index >= 15 is 0 Å². The number of quaternary nitrogens is 1. The average Bonchev–Trinajstić information content (AvgIpc) is 3.42. The van der Waals surface area contributed by atoms with E-state index in [0.717, 1.165) is 141 Å². The van der Waals surface area contributed by atoms with Crippen LogP contribution in [0.25, 0.3) is 0 Å². The van der Waals surface area contributed by atoms with Crippen molar-refractivity contribution in [3.8, 4) is 0 Å². The van der Waals surface area contributed by atoms with Crippen LogP contribution in [0.5, 0.6) is 0 Å². The number of carbonyl (C=O) groups is 3. The Bertz CT molecular complexity index is 1940. The molecule has 0 N–H and O–H groups in total. The van der Waals surface area contributed by atoms with Crippen molar-refractivity contribution in [2.45, 2.75) is 193 Å². The third kappa shape index (κ3) is 59.9. The molecular weight excluding hydrogens is 983 g/mol. The van der Waals surface area contributed by atoms with Gasteiger partial charge in [0, 0.05) is 12.8 Å². The maximum atomic E-state index is 12.8. The van der Waals surface area contributed by atoms with Crippen molar-refractivity contribution in [3.05, 3.63) is 182 Å². The minimum Gasteiger partial charge on any atom is -0.545 e. The van der Waals surface area contributed by atoms with Gasteiger partial charge in [0.1, 0.15) is 13.2 Å². The van der Waals surface area contributed by atoms with Crippen LogP contribution < -0.4 is 5.11 Å². The zero-order valence-electron chi connectivity index (χ0n) is 49.9. The predicted octanol–water partition coefficient (Wildman–Crippen LogP) is 16.8. The molecule has 0 aliphatic carbocycles. The highest BCUT2D eigenvalue weighted by molar-refractivity contribution is 5.70. The number of hydrogen-bond acceptors (Lipinski definition) is 8. The van der Waals surface area contributed by atoms with Crippen LogP contribution in [0, 0.1) is 0 Å². The molecule has 2 atom stereocenters. The number of carbonyl (C=O) groups excluding carboxylic acids is 3. The van der Waals surface area contributed by atoms with Gasteiger partial charge >= 0.3 is 11.9 Å². The monoisotopic (exact) mass is 1090 g/mol. The van der Waals surface area contributed by atoms with Gasteiger partial charge < -0.3 is 33.3 Å². The lowest BCUT2D eigenvalue weighted by Crippen LogP contribution is -2.44. The summed E-state index contributed by atoms with van der Waals surface area (Å²) < 4.78 is 22.6. The Kier molecular flexibility index (Phi) is 54.4. The van der Waals surface area contributed by atoms with Crippen molar-refractivity contribution in [2.24, 2.45) is 0 Å². The van der Waals surface area contributed by atoms with Crippen molar-refractivity contribution in [1.82, 2.24) is 0 Å². The Hall–Kier alpha value is -5.61. The number of nitrogens with zero attached hydrogens (tertiary/aromatic N) is 1. The lowest BCUT2D eigenvalue weighted by Gasteiger charge is -2.26. The van der Waals surface area contributed by atoms with E-state index in [-0.39, 0.29) is 32.7 Å². The molecule has 0 spiro atoms. The van der Waals surface area contributed by atoms with E-state index in [4.69, 9.17) is 18.9 Å². The quantitative estimate of drug-likeness (QED) is 0.0195. The van der Waals surface area contributed by atoms with E-state index in [0.29, 0.717) is 23.9 Å². The number of aliphatic carboxylic acids is 1. The van der Waals surface area contributed by atoms with Crippen LogP contribution in [-0.2, 0) is 33.3 Å². The highest BCUT2D eigenvalue weighted by atomic mass is 16.7. The van der Waals surface area contributed by atoms with Gasteiger partial charge in [-0.25, -0.2) is 0 Å². The Morgan fingerprint density at radius 1 is 0.380 bits per heavy atom. The van der Waals surface area contributed by atoms with E-state index in [9.17, 15) is 19.5 Å². The van der Waals surface area contributed by atoms with Crippen LogP contribution in [0.2, 0.25) is 0 Å². The summed E-state index contributed by atoms with van der Waals surface area (Å²) in [5.74, 6) is -2.40. The fraction of sp³-hybridized carbons (Fsp3) is 0.529. The molecule has 0 heterocycles. The summed E-state index contributed by atoms with van der Waals surface area (Å²) in [6.45, 7) is 4.40. The van der Waals surface area contributed by atoms with Crippen molar-refractivity contribution in [3.63, 3.8) is 0 Å². The van der Waals surface area contributed by atoms with Gasteiger partial charge in [0.15, 0.2) is 12.4 Å². The summed E-state index contributed by atoms with van der Waals surface area (Å²) in [6, 6.07) is 0. The molecule has 0 saturated carbocycles. The second-order valence-electron chi connectivity index (χ2n) is 20.2. The second kappa shape index (κ2) is 58.5. The summed E-state index contributed by atoms with van der Waals surface area (Å²) in [5, 5.41) is 11.8. The standard InChI is InChI=1S/C70H107NO8/c1-6-8-10-12-14-16-18-20-22-23-24-25-26-27-28-29-30-31-32-33-34-35-36-37-38-39-40-41-42-43-44-45-47-49-51-53-55-57-59-61-68(73)79-66(65-78-70(69(74)75)76-63-62-71(3,4)5)64-77-67(72)60-58-56-54-52-50-48-46-21-19-17-15-13-11-9-7-2/h8-11,14-17,20-22,24-25,27-28,30-31,33-34,36-37,39-40,42-43,45-47,51,53,66,70H,6-7,12-13,18-19,23,26,29,32,35,38,41,44,48-50,52,54-65H2,1-5H3/b10-8-,11-9-,16-14-,17-15-,22-20-,25-24-,28-27-,31-30-,34-33-,37-36-,40-39-,43-42-,46-21-,47-45-,53-51-. The highest BCUT2D eigenvalue weighted by Crippen LogP contribution is 2.11. The van der Waals surface area contributed by atoms with Gasteiger partial charge in [-0.15, -0.1) is 0 Å². The summed E-state index contributed by atoms with van der Waals surface area (Å²) in [6.07, 6.45) is 86.7. The number of rotatable bonds is 52. The van der Waals surface area contributed by atoms with Crippen molar-refractivity contribution >= 4 is 17.9 Å². The van der Waals surface area contributed by atoms with Gasteiger partial charge in [-0.1, -0.05) is 215 Å². The summed E-state index contributed by atoms with van der Waals surface area (Å²) in [5.41, 5.74) is 0. The second-order valence-corrected chi connectivity index (χ2v) is 20.2. The van der Waals surface area contributed by atoms with E-state index in [1.807, 2.05) is 21.1 Å². The fourth-order valence-electron chi connectivity index (χ4n) is 7.12. The van der Waals surface area contributed by atoms with Crippen LogP contribution in [0.3, 0.4) is 0 Å². The summed E-state index contributed by atoms with van der Waals surface area (Å²) >= 11 is 0. The Morgan fingerprint density at radius 2 is 0.684 bits per heavy atom. The number of allylic oxidation sites excluding steroid dienone is 30. The molecule has 440 valence electrons. The molecule has 0 aromatic carbocycles. The molecule has 0 bridgehead atoms. The maximum absolute atomic E-state index is 12.8.